The molecule has 88 valence electrons. The van der Waals surface area contributed by atoms with E-state index in [2.05, 4.69) is 5.16 Å². The Morgan fingerprint density at radius 2 is 2.12 bits per heavy atom. The molecule has 16 heavy (non-hydrogen) atoms. The van der Waals surface area contributed by atoms with E-state index in [1.165, 1.54) is 0 Å². The first kappa shape index (κ1) is 10.7. The summed E-state index contributed by atoms with van der Waals surface area (Å²) in [5, 5.41) is 3.70. The summed E-state index contributed by atoms with van der Waals surface area (Å²) in [7, 11) is 0. The van der Waals surface area contributed by atoms with Crippen LogP contribution in [0.5, 0.6) is 0 Å². The van der Waals surface area contributed by atoms with Crippen LogP contribution in [0.15, 0.2) is 19.3 Å². The van der Waals surface area contributed by atoms with E-state index in [1.807, 2.05) is 0 Å². The first-order valence-electron chi connectivity index (χ1n) is 5.04. The molecule has 0 bridgehead atoms. The summed E-state index contributed by atoms with van der Waals surface area (Å²) in [6.45, 7) is 5.25. The molecular formula is C9H13N3O4. The van der Waals surface area contributed by atoms with E-state index in [0.717, 1.165) is 15.0 Å². The zero-order valence-electron chi connectivity index (χ0n) is 9.34. The lowest BCUT2D eigenvalue weighted by Crippen LogP contribution is -2.31. The Morgan fingerprint density at radius 1 is 1.44 bits per heavy atom. The van der Waals surface area contributed by atoms with E-state index in [-0.39, 0.29) is 6.04 Å². The minimum absolute atomic E-state index is 0.242. The Kier molecular flexibility index (Phi) is 2.45. The number of rotatable bonds is 2. The minimum atomic E-state index is -0.673. The summed E-state index contributed by atoms with van der Waals surface area (Å²) in [6.07, 6.45) is -0.189. The van der Waals surface area contributed by atoms with Crippen LogP contribution in [0.1, 0.15) is 39.5 Å². The van der Waals surface area contributed by atoms with Gasteiger partial charge < -0.3 is 9.36 Å². The zero-order chi connectivity index (χ0) is 11.9. The third kappa shape index (κ3) is 1.58. The van der Waals surface area contributed by atoms with Gasteiger partial charge >= 0.3 is 11.4 Å². The highest BCUT2D eigenvalue weighted by atomic mass is 16.7. The molecule has 1 aromatic rings. The Balaban J connectivity index is 2.41. The van der Waals surface area contributed by atoms with Crippen molar-refractivity contribution in [1.29, 1.82) is 0 Å². The fourth-order valence-corrected chi connectivity index (χ4v) is 1.57. The van der Waals surface area contributed by atoms with Crippen molar-refractivity contribution in [3.05, 3.63) is 21.0 Å². The van der Waals surface area contributed by atoms with Crippen LogP contribution in [0.3, 0.4) is 0 Å². The molecule has 0 fully saturated rings. The van der Waals surface area contributed by atoms with Gasteiger partial charge in [-0.25, -0.2) is 14.2 Å². The summed E-state index contributed by atoms with van der Waals surface area (Å²) in [6, 6.07) is -0.242. The van der Waals surface area contributed by atoms with Gasteiger partial charge in [0.1, 0.15) is 0 Å². The van der Waals surface area contributed by atoms with Gasteiger partial charge in [0, 0.05) is 6.04 Å². The molecule has 7 nitrogen and oxygen atoms in total. The van der Waals surface area contributed by atoms with Gasteiger partial charge in [-0.2, -0.15) is 0 Å². The van der Waals surface area contributed by atoms with Gasteiger partial charge in [0.25, 0.3) is 0 Å². The SMILES string of the molecule is CC1=NOC(n2oc(=O)n(C(C)C)c2=O)C1. The Morgan fingerprint density at radius 3 is 2.56 bits per heavy atom. The lowest BCUT2D eigenvalue weighted by atomic mass is 10.3. The molecule has 0 radical (unpaired) electrons. The van der Waals surface area contributed by atoms with Gasteiger partial charge in [0.2, 0.25) is 6.23 Å². The molecule has 1 atom stereocenters. The van der Waals surface area contributed by atoms with E-state index in [1.54, 1.807) is 20.8 Å². The monoisotopic (exact) mass is 227 g/mol. The second-order valence-corrected chi connectivity index (χ2v) is 4.02. The van der Waals surface area contributed by atoms with E-state index >= 15 is 0 Å². The first-order chi connectivity index (χ1) is 7.50. The lowest BCUT2D eigenvalue weighted by molar-refractivity contribution is -0.0268. The number of nitrogens with zero attached hydrogens (tertiary/aromatic N) is 3. The molecule has 0 spiro atoms. The van der Waals surface area contributed by atoms with Gasteiger partial charge in [0.05, 0.1) is 12.1 Å². The quantitative estimate of drug-likeness (QED) is 0.736. The molecule has 2 rings (SSSR count). The second kappa shape index (κ2) is 3.66. The molecular weight excluding hydrogens is 214 g/mol. The van der Waals surface area contributed by atoms with Crippen molar-refractivity contribution in [2.45, 2.75) is 39.5 Å². The van der Waals surface area contributed by atoms with Gasteiger partial charge in [-0.15, -0.1) is 4.74 Å². The molecule has 0 aromatic carbocycles. The summed E-state index contributed by atoms with van der Waals surface area (Å²) in [4.78, 5) is 28.2. The molecule has 1 aliphatic heterocycles. The largest absolute Gasteiger partial charge is 0.443 e. The molecule has 0 N–H and O–H groups in total. The van der Waals surface area contributed by atoms with E-state index < -0.39 is 17.7 Å². The van der Waals surface area contributed by atoms with Gasteiger partial charge in [0.15, 0.2) is 0 Å². The van der Waals surface area contributed by atoms with Crippen molar-refractivity contribution >= 4 is 5.71 Å². The molecule has 1 unspecified atom stereocenters. The maximum atomic E-state index is 11.8. The summed E-state index contributed by atoms with van der Waals surface area (Å²) in [5.74, 6) is -0.673. The molecule has 0 amide bonds. The Labute approximate surface area is 90.9 Å². The Bertz CT molecular complexity index is 534. The lowest BCUT2D eigenvalue weighted by Gasteiger charge is -2.05. The van der Waals surface area contributed by atoms with Crippen LogP contribution < -0.4 is 11.4 Å². The number of aromatic nitrogens is 2. The second-order valence-electron chi connectivity index (χ2n) is 4.02. The van der Waals surface area contributed by atoms with Gasteiger partial charge in [-0.05, 0) is 20.8 Å². The van der Waals surface area contributed by atoms with Crippen molar-refractivity contribution < 1.29 is 9.36 Å². The Hall–Kier alpha value is -1.79. The van der Waals surface area contributed by atoms with E-state index in [4.69, 9.17) is 9.36 Å². The van der Waals surface area contributed by atoms with E-state index in [9.17, 15) is 9.59 Å². The number of oxime groups is 1. The van der Waals surface area contributed by atoms with Crippen LogP contribution in [0.2, 0.25) is 0 Å². The third-order valence-electron chi connectivity index (χ3n) is 2.35. The zero-order valence-corrected chi connectivity index (χ0v) is 9.34. The van der Waals surface area contributed by atoms with Crippen LogP contribution in [0.4, 0.5) is 0 Å². The summed E-state index contributed by atoms with van der Waals surface area (Å²) >= 11 is 0. The molecule has 1 aromatic heterocycles. The number of hydrogen-bond acceptors (Lipinski definition) is 5. The van der Waals surface area contributed by atoms with Crippen molar-refractivity contribution in [3.8, 4) is 0 Å². The van der Waals surface area contributed by atoms with E-state index in [0.29, 0.717) is 6.42 Å². The normalized spacial score (nSPS) is 20.0. The van der Waals surface area contributed by atoms with Crippen LogP contribution in [0, 0.1) is 0 Å². The average molecular weight is 227 g/mol. The van der Waals surface area contributed by atoms with Crippen molar-refractivity contribution in [2.24, 2.45) is 5.16 Å². The maximum Gasteiger partial charge on any atom is 0.443 e. The van der Waals surface area contributed by atoms with Crippen molar-refractivity contribution in [1.82, 2.24) is 9.31 Å². The smallest absolute Gasteiger partial charge is 0.367 e. The van der Waals surface area contributed by atoms with Crippen LogP contribution >= 0.6 is 0 Å². The average Bonchev–Trinajstić information content (AvgIpc) is 2.70. The minimum Gasteiger partial charge on any atom is -0.367 e. The van der Waals surface area contributed by atoms with Crippen molar-refractivity contribution in [3.63, 3.8) is 0 Å². The highest BCUT2D eigenvalue weighted by Gasteiger charge is 2.26. The topological polar surface area (TPSA) is 78.7 Å². The molecule has 0 aliphatic carbocycles. The maximum absolute atomic E-state index is 11.8. The van der Waals surface area contributed by atoms with Crippen molar-refractivity contribution in [2.75, 3.05) is 0 Å². The molecule has 1 aliphatic rings. The first-order valence-corrected chi connectivity index (χ1v) is 5.04. The highest BCUT2D eigenvalue weighted by Crippen LogP contribution is 2.18. The number of hydrogen-bond donors (Lipinski definition) is 0. The van der Waals surface area contributed by atoms with Gasteiger partial charge in [-0.1, -0.05) is 5.16 Å². The molecule has 0 saturated heterocycles. The fraction of sp³-hybridized carbons (Fsp3) is 0.667. The third-order valence-corrected chi connectivity index (χ3v) is 2.35. The van der Waals surface area contributed by atoms with Crippen LogP contribution in [-0.4, -0.2) is 15.0 Å². The van der Waals surface area contributed by atoms with Crippen LogP contribution in [0.25, 0.3) is 0 Å². The molecule has 0 saturated carbocycles. The fourth-order valence-electron chi connectivity index (χ4n) is 1.57. The van der Waals surface area contributed by atoms with Crippen LogP contribution in [-0.2, 0) is 4.84 Å². The standard InChI is InChI=1S/C9H13N3O4/c1-5(2)11-8(13)12(16-9(11)14)7-4-6(3)10-15-7/h5,7H,4H2,1-3H3. The molecule has 7 heteroatoms. The summed E-state index contributed by atoms with van der Waals surface area (Å²) in [5.41, 5.74) is 0.256. The predicted octanol–water partition coefficient (Wildman–Crippen LogP) is 0.479. The summed E-state index contributed by atoms with van der Waals surface area (Å²) < 4.78 is 6.82. The highest BCUT2D eigenvalue weighted by molar-refractivity contribution is 5.82. The molecule has 2 heterocycles. The van der Waals surface area contributed by atoms with Gasteiger partial charge in [-0.3, -0.25) is 0 Å². The predicted molar refractivity (Wildman–Crippen MR) is 55.5 cm³/mol.